The van der Waals surface area contributed by atoms with Crippen molar-refractivity contribution in [3.63, 3.8) is 0 Å². The van der Waals surface area contributed by atoms with Crippen molar-refractivity contribution in [3.8, 4) is 11.5 Å². The number of azo groups is 1. The van der Waals surface area contributed by atoms with Gasteiger partial charge < -0.3 is 10.2 Å². The van der Waals surface area contributed by atoms with E-state index in [-0.39, 0.29) is 17.2 Å². The van der Waals surface area contributed by atoms with Crippen LogP contribution in [-0.2, 0) is 0 Å². The second kappa shape index (κ2) is 10.1. The molecule has 0 saturated heterocycles. The first-order valence-electron chi connectivity index (χ1n) is 10.9. The Morgan fingerprint density at radius 3 is 2.32 bits per heavy atom. The molecule has 0 fully saturated rings. The van der Waals surface area contributed by atoms with Crippen LogP contribution in [0.5, 0.6) is 11.5 Å². The first-order chi connectivity index (χ1) is 14.8. The van der Waals surface area contributed by atoms with Gasteiger partial charge in [-0.25, -0.2) is 0 Å². The Hall–Kier alpha value is -2.59. The van der Waals surface area contributed by atoms with Gasteiger partial charge in [-0.05, 0) is 65.8 Å². The summed E-state index contributed by atoms with van der Waals surface area (Å²) < 4.78 is 0. The van der Waals surface area contributed by atoms with Gasteiger partial charge in [-0.15, -0.1) is 10.2 Å². The minimum absolute atomic E-state index is 0.0181. The minimum Gasteiger partial charge on any atom is -0.506 e. The Balaban J connectivity index is 1.87. The highest BCUT2D eigenvalue weighted by Crippen LogP contribution is 2.39. The number of rotatable bonds is 8. The van der Waals surface area contributed by atoms with Crippen molar-refractivity contribution in [1.82, 2.24) is 0 Å². The van der Waals surface area contributed by atoms with Gasteiger partial charge in [0, 0.05) is 10.4 Å². The van der Waals surface area contributed by atoms with Crippen molar-refractivity contribution in [2.24, 2.45) is 22.1 Å². The fraction of sp³-hybridized carbons (Fsp3) is 0.385. The molecule has 0 amide bonds. The summed E-state index contributed by atoms with van der Waals surface area (Å²) in [5.74, 6) is 1.91. The first kappa shape index (κ1) is 23.1. The number of phenols is 2. The summed E-state index contributed by atoms with van der Waals surface area (Å²) in [5, 5.41) is 30.9. The standard InChI is InChI=1S/C26H31ClN2O2/c1-5-16(2)12-17(3)13-18(4)19-6-9-22-20(14-19)7-10-25(31)26(22)29-28-23-15-21(27)8-11-24(23)30/h6-11,14-18,30-31H,5,12-13H2,1-4H3. The molecular weight excluding hydrogens is 408 g/mol. The molecule has 5 heteroatoms. The third kappa shape index (κ3) is 5.76. The zero-order chi connectivity index (χ0) is 22.5. The number of benzene rings is 3. The molecule has 0 aliphatic carbocycles. The van der Waals surface area contributed by atoms with E-state index in [9.17, 15) is 10.2 Å². The smallest absolute Gasteiger partial charge is 0.143 e. The van der Waals surface area contributed by atoms with Crippen LogP contribution in [0.3, 0.4) is 0 Å². The Labute approximate surface area is 189 Å². The number of fused-ring (bicyclic) bond motifs is 1. The average molecular weight is 439 g/mol. The van der Waals surface area contributed by atoms with Gasteiger partial charge in [0.2, 0.25) is 0 Å². The summed E-state index contributed by atoms with van der Waals surface area (Å²) in [7, 11) is 0. The van der Waals surface area contributed by atoms with Gasteiger partial charge in [-0.3, -0.25) is 0 Å². The van der Waals surface area contributed by atoms with Gasteiger partial charge in [0.1, 0.15) is 22.9 Å². The lowest BCUT2D eigenvalue weighted by Gasteiger charge is -2.20. The number of aromatic hydroxyl groups is 2. The van der Waals surface area contributed by atoms with Crippen LogP contribution in [0.25, 0.3) is 10.8 Å². The summed E-state index contributed by atoms with van der Waals surface area (Å²) in [6, 6.07) is 14.4. The van der Waals surface area contributed by atoms with E-state index < -0.39 is 0 Å². The molecule has 164 valence electrons. The zero-order valence-corrected chi connectivity index (χ0v) is 19.4. The molecule has 4 nitrogen and oxygen atoms in total. The fourth-order valence-corrected chi connectivity index (χ4v) is 4.27. The van der Waals surface area contributed by atoms with Crippen LogP contribution in [-0.4, -0.2) is 10.2 Å². The third-order valence-corrected chi connectivity index (χ3v) is 6.25. The molecule has 0 bridgehead atoms. The first-order valence-corrected chi connectivity index (χ1v) is 11.3. The van der Waals surface area contributed by atoms with Crippen molar-refractivity contribution in [2.75, 3.05) is 0 Å². The average Bonchev–Trinajstić information content (AvgIpc) is 2.74. The highest BCUT2D eigenvalue weighted by Gasteiger charge is 2.15. The van der Waals surface area contributed by atoms with E-state index in [2.05, 4.69) is 50.1 Å². The van der Waals surface area contributed by atoms with Crippen LogP contribution in [0.2, 0.25) is 5.02 Å². The Kier molecular flexibility index (Phi) is 7.55. The van der Waals surface area contributed by atoms with Crippen molar-refractivity contribution >= 4 is 33.7 Å². The molecule has 2 N–H and O–H groups in total. The SMILES string of the molecule is CCC(C)CC(C)CC(C)c1ccc2c(N=Nc3cc(Cl)ccc3O)c(O)ccc2c1. The second-order valence-corrected chi connectivity index (χ2v) is 9.17. The van der Waals surface area contributed by atoms with Crippen LogP contribution in [0.1, 0.15) is 58.4 Å². The molecule has 0 aromatic heterocycles. The summed E-state index contributed by atoms with van der Waals surface area (Å²) >= 11 is 5.98. The number of nitrogens with zero attached hydrogens (tertiary/aromatic N) is 2. The van der Waals surface area contributed by atoms with Gasteiger partial charge in [0.05, 0.1) is 0 Å². The molecular formula is C26H31ClN2O2. The number of phenolic OH excluding ortho intramolecular Hbond substituents is 2. The summed E-state index contributed by atoms with van der Waals surface area (Å²) in [6.45, 7) is 9.19. The molecule has 3 atom stereocenters. The molecule has 3 rings (SSSR count). The number of hydrogen-bond acceptors (Lipinski definition) is 4. The second-order valence-electron chi connectivity index (χ2n) is 8.74. The Morgan fingerprint density at radius 1 is 0.839 bits per heavy atom. The van der Waals surface area contributed by atoms with Crippen LogP contribution in [0.4, 0.5) is 11.4 Å². The van der Waals surface area contributed by atoms with E-state index in [1.165, 1.54) is 30.5 Å². The fourth-order valence-electron chi connectivity index (χ4n) is 4.10. The highest BCUT2D eigenvalue weighted by molar-refractivity contribution is 6.30. The normalized spacial score (nSPS) is 14.7. The van der Waals surface area contributed by atoms with E-state index in [4.69, 9.17) is 11.6 Å². The summed E-state index contributed by atoms with van der Waals surface area (Å²) in [4.78, 5) is 0. The molecule has 3 aromatic rings. The minimum atomic E-state index is -0.0181. The lowest BCUT2D eigenvalue weighted by molar-refractivity contribution is 0.369. The molecule has 0 aliphatic heterocycles. The van der Waals surface area contributed by atoms with E-state index in [0.717, 1.165) is 23.1 Å². The van der Waals surface area contributed by atoms with Crippen molar-refractivity contribution in [1.29, 1.82) is 0 Å². The maximum absolute atomic E-state index is 10.4. The number of halogens is 1. The van der Waals surface area contributed by atoms with Gasteiger partial charge in [0.15, 0.2) is 0 Å². The van der Waals surface area contributed by atoms with Crippen molar-refractivity contribution in [3.05, 3.63) is 59.1 Å². The Bertz CT molecular complexity index is 1080. The monoisotopic (exact) mass is 438 g/mol. The quantitative estimate of drug-likeness (QED) is 0.345. The van der Waals surface area contributed by atoms with Crippen LogP contribution >= 0.6 is 11.6 Å². The van der Waals surface area contributed by atoms with Crippen molar-refractivity contribution < 1.29 is 10.2 Å². The molecule has 0 spiro atoms. The lowest BCUT2D eigenvalue weighted by atomic mass is 9.85. The van der Waals surface area contributed by atoms with Crippen LogP contribution in [0.15, 0.2) is 58.8 Å². The van der Waals surface area contributed by atoms with Gasteiger partial charge in [-0.1, -0.05) is 70.0 Å². The summed E-state index contributed by atoms with van der Waals surface area (Å²) in [6.07, 6.45) is 3.63. The number of hydrogen-bond donors (Lipinski definition) is 2. The Morgan fingerprint density at radius 2 is 1.58 bits per heavy atom. The van der Waals surface area contributed by atoms with E-state index in [1.807, 2.05) is 12.1 Å². The topological polar surface area (TPSA) is 65.2 Å². The van der Waals surface area contributed by atoms with Crippen LogP contribution in [0, 0.1) is 11.8 Å². The van der Waals surface area contributed by atoms with Crippen LogP contribution < -0.4 is 0 Å². The molecule has 31 heavy (non-hydrogen) atoms. The molecule has 0 heterocycles. The largest absolute Gasteiger partial charge is 0.506 e. The molecule has 0 aliphatic rings. The van der Waals surface area contributed by atoms with Crippen molar-refractivity contribution in [2.45, 2.75) is 52.9 Å². The highest BCUT2D eigenvalue weighted by atomic mass is 35.5. The predicted molar refractivity (Wildman–Crippen MR) is 129 cm³/mol. The summed E-state index contributed by atoms with van der Waals surface area (Å²) in [5.41, 5.74) is 1.91. The van der Waals surface area contributed by atoms with Gasteiger partial charge in [-0.2, -0.15) is 0 Å². The molecule has 3 unspecified atom stereocenters. The van der Waals surface area contributed by atoms with E-state index >= 15 is 0 Å². The van der Waals surface area contributed by atoms with E-state index in [1.54, 1.807) is 12.1 Å². The predicted octanol–water partition coefficient (Wildman–Crippen LogP) is 8.89. The molecule has 0 saturated carbocycles. The molecule has 0 radical (unpaired) electrons. The lowest BCUT2D eigenvalue weighted by Crippen LogP contribution is -2.06. The molecule has 3 aromatic carbocycles. The maximum Gasteiger partial charge on any atom is 0.143 e. The van der Waals surface area contributed by atoms with Gasteiger partial charge >= 0.3 is 0 Å². The van der Waals surface area contributed by atoms with Gasteiger partial charge in [0.25, 0.3) is 0 Å². The van der Waals surface area contributed by atoms with E-state index in [0.29, 0.717) is 22.5 Å². The maximum atomic E-state index is 10.4. The third-order valence-electron chi connectivity index (χ3n) is 6.02. The zero-order valence-electron chi connectivity index (χ0n) is 18.6.